The smallest absolute Gasteiger partial charge is 0.408 e. The van der Waals surface area contributed by atoms with Crippen LogP contribution in [0, 0.1) is 11.7 Å². The van der Waals surface area contributed by atoms with E-state index in [0.717, 1.165) is 63.7 Å². The van der Waals surface area contributed by atoms with Gasteiger partial charge in [-0.3, -0.25) is 9.59 Å². The van der Waals surface area contributed by atoms with E-state index in [1.165, 1.54) is 24.3 Å². The summed E-state index contributed by atoms with van der Waals surface area (Å²) in [5.74, 6) is 0.525. The topological polar surface area (TPSA) is 150 Å². The lowest BCUT2D eigenvalue weighted by Gasteiger charge is -2.51. The molecule has 58 heavy (non-hydrogen) atoms. The number of pyridine rings is 1. The number of unbranched alkanes of at least 4 members (excludes halogenated alkanes) is 3. The lowest BCUT2D eigenvalue weighted by molar-refractivity contribution is -0.938. The van der Waals surface area contributed by atoms with Gasteiger partial charge in [0.25, 0.3) is 0 Å². The van der Waals surface area contributed by atoms with Gasteiger partial charge in [0.05, 0.1) is 37.4 Å². The summed E-state index contributed by atoms with van der Waals surface area (Å²) in [5.41, 5.74) is 2.62. The number of carbonyl (C=O) groups is 2. The Bertz CT molecular complexity index is 2240. The average molecular weight is 792 g/mol. The third kappa shape index (κ3) is 10.1. The number of nitrogens with zero attached hydrogens (tertiary/aromatic N) is 1. The molecular formula is C46H52FN4O7+. The number of halogens is 1. The zero-order valence-electron chi connectivity index (χ0n) is 32.6. The number of hydrogen-bond acceptors (Lipinski definition) is 8. The number of quaternary nitrogens is 1. The number of hydrogen-bond donors (Lipinski definition) is 5. The number of alkyl carbamates (subject to hydrolysis) is 1. The van der Waals surface area contributed by atoms with Crippen molar-refractivity contribution >= 4 is 22.8 Å². The molecule has 5 N–H and O–H groups in total. The van der Waals surface area contributed by atoms with Crippen LogP contribution in [0.25, 0.3) is 10.9 Å². The molecule has 3 fully saturated rings. The number of ketones is 1. The molecule has 3 saturated heterocycles. The minimum Gasteiger partial charge on any atom is -0.506 e. The fourth-order valence-corrected chi connectivity index (χ4v) is 8.51. The summed E-state index contributed by atoms with van der Waals surface area (Å²) < 4.78 is 27.3. The van der Waals surface area contributed by atoms with Gasteiger partial charge in [-0.15, -0.1) is 0 Å². The van der Waals surface area contributed by atoms with Gasteiger partial charge in [-0.1, -0.05) is 73.5 Å². The number of Topliss-reactive ketones (excluding diaryl/α,β-unsaturated/α-hetero) is 1. The lowest BCUT2D eigenvalue weighted by atomic mass is 9.83. The van der Waals surface area contributed by atoms with Gasteiger partial charge in [0.2, 0.25) is 11.3 Å². The molecular weight excluding hydrogens is 740 g/mol. The van der Waals surface area contributed by atoms with E-state index in [1.54, 1.807) is 24.3 Å². The summed E-state index contributed by atoms with van der Waals surface area (Å²) >= 11 is 0. The van der Waals surface area contributed by atoms with Crippen molar-refractivity contribution in [1.82, 2.24) is 15.6 Å². The molecule has 304 valence electrons. The number of phenolic OH excluding ortho intramolecular Hbond substituents is 1. The first-order valence-corrected chi connectivity index (χ1v) is 20.3. The molecule has 12 heteroatoms. The summed E-state index contributed by atoms with van der Waals surface area (Å²) in [7, 11) is 0. The Morgan fingerprint density at radius 3 is 2.43 bits per heavy atom. The number of rotatable bonds is 18. The van der Waals surface area contributed by atoms with E-state index in [2.05, 4.69) is 15.6 Å². The van der Waals surface area contributed by atoms with Crippen molar-refractivity contribution in [2.75, 3.05) is 45.9 Å². The molecule has 1 amide bonds. The van der Waals surface area contributed by atoms with Crippen molar-refractivity contribution in [3.8, 4) is 11.5 Å². The Labute approximate surface area is 337 Å². The van der Waals surface area contributed by atoms with Crippen molar-refractivity contribution in [2.45, 2.75) is 56.8 Å². The molecule has 0 spiro atoms. The van der Waals surface area contributed by atoms with E-state index in [1.807, 2.05) is 54.6 Å². The SMILES string of the molecule is O=C(NC(c1cccc(F)c1)c1cccc(OCCCCCCNCC(O)c2ccc(O)c3[nH]c(=O)ccc23)c1)O[C@H]1C[N+]2(CC(=O)c3ccccc3)CCC1CC2. The number of nitrogens with one attached hydrogen (secondary N) is 3. The maximum absolute atomic E-state index is 14.5. The fraction of sp³-hybridized carbons (Fsp3) is 0.370. The summed E-state index contributed by atoms with van der Waals surface area (Å²) in [6.45, 7) is 4.30. The highest BCUT2D eigenvalue weighted by Crippen LogP contribution is 2.36. The first-order valence-electron chi connectivity index (χ1n) is 20.3. The van der Waals surface area contributed by atoms with E-state index in [0.29, 0.717) is 64.1 Å². The van der Waals surface area contributed by atoms with Crippen LogP contribution >= 0.6 is 0 Å². The average Bonchev–Trinajstić information content (AvgIpc) is 3.23. The van der Waals surface area contributed by atoms with E-state index in [4.69, 9.17) is 9.47 Å². The molecule has 0 radical (unpaired) electrons. The number of H-pyrrole nitrogens is 1. The molecule has 11 nitrogen and oxygen atoms in total. The molecule has 3 aliphatic rings. The molecule has 2 bridgehead atoms. The number of ether oxygens (including phenoxy) is 2. The van der Waals surface area contributed by atoms with Gasteiger partial charge < -0.3 is 39.8 Å². The predicted octanol–water partition coefficient (Wildman–Crippen LogP) is 6.94. The maximum Gasteiger partial charge on any atom is 0.408 e. The van der Waals surface area contributed by atoms with Gasteiger partial charge >= 0.3 is 6.09 Å². The van der Waals surface area contributed by atoms with Crippen molar-refractivity contribution in [1.29, 1.82) is 0 Å². The molecule has 8 rings (SSSR count). The quantitative estimate of drug-likeness (QED) is 0.0364. The predicted molar refractivity (Wildman–Crippen MR) is 219 cm³/mol. The van der Waals surface area contributed by atoms with Gasteiger partial charge in [0, 0.05) is 42.3 Å². The number of aliphatic hydroxyl groups is 1. The minimum atomic E-state index is -0.804. The monoisotopic (exact) mass is 791 g/mol. The van der Waals surface area contributed by atoms with Crippen molar-refractivity contribution < 1.29 is 38.1 Å². The van der Waals surface area contributed by atoms with E-state index >= 15 is 0 Å². The van der Waals surface area contributed by atoms with Gasteiger partial charge in [-0.05, 0) is 72.5 Å². The van der Waals surface area contributed by atoms with Crippen LogP contribution < -0.4 is 20.9 Å². The van der Waals surface area contributed by atoms with Gasteiger partial charge in [-0.25, -0.2) is 9.18 Å². The van der Waals surface area contributed by atoms with Crippen LogP contribution in [-0.4, -0.2) is 83.5 Å². The highest BCUT2D eigenvalue weighted by atomic mass is 19.1. The molecule has 3 atom stereocenters. The molecule has 1 aromatic heterocycles. The largest absolute Gasteiger partial charge is 0.506 e. The molecule has 5 aromatic rings. The first kappa shape index (κ1) is 40.6. The van der Waals surface area contributed by atoms with Crippen LogP contribution in [-0.2, 0) is 4.74 Å². The molecule has 3 aliphatic heterocycles. The third-order valence-corrected chi connectivity index (χ3v) is 11.6. The Balaban J connectivity index is 0.879. The Hall–Kier alpha value is -5.56. The molecule has 2 unspecified atom stereocenters. The molecule has 4 heterocycles. The van der Waals surface area contributed by atoms with Gasteiger partial charge in [0.15, 0.2) is 6.10 Å². The summed E-state index contributed by atoms with van der Waals surface area (Å²) in [6, 6.07) is 28.4. The van der Waals surface area contributed by atoms with E-state index in [9.17, 15) is 29.0 Å². The van der Waals surface area contributed by atoms with Crippen LogP contribution in [0.1, 0.15) is 77.7 Å². The number of amides is 1. The maximum atomic E-state index is 14.5. The number of aliphatic hydroxyl groups excluding tert-OH is 1. The zero-order chi connectivity index (χ0) is 40.5. The van der Waals surface area contributed by atoms with E-state index < -0.39 is 24.1 Å². The highest BCUT2D eigenvalue weighted by molar-refractivity contribution is 5.97. The summed E-state index contributed by atoms with van der Waals surface area (Å²) in [6.07, 6.45) is 3.73. The van der Waals surface area contributed by atoms with Crippen LogP contribution in [0.3, 0.4) is 0 Å². The van der Waals surface area contributed by atoms with Gasteiger partial charge in [-0.2, -0.15) is 0 Å². The zero-order valence-corrected chi connectivity index (χ0v) is 32.6. The number of carbonyl (C=O) groups excluding carboxylic acids is 2. The fourth-order valence-electron chi connectivity index (χ4n) is 8.51. The summed E-state index contributed by atoms with van der Waals surface area (Å²) in [4.78, 5) is 41.1. The number of fused-ring (bicyclic) bond motifs is 4. The normalized spacial score (nSPS) is 19.7. The van der Waals surface area contributed by atoms with Crippen LogP contribution in [0.15, 0.2) is 108 Å². The number of phenols is 1. The third-order valence-electron chi connectivity index (χ3n) is 11.6. The minimum absolute atomic E-state index is 0.0406. The number of aromatic nitrogens is 1. The number of benzene rings is 4. The number of aromatic amines is 1. The van der Waals surface area contributed by atoms with Crippen LogP contribution in [0.5, 0.6) is 11.5 Å². The highest BCUT2D eigenvalue weighted by Gasteiger charge is 2.48. The molecule has 0 aliphatic carbocycles. The Morgan fingerprint density at radius 1 is 0.879 bits per heavy atom. The second-order valence-electron chi connectivity index (χ2n) is 15.7. The lowest BCUT2D eigenvalue weighted by Crippen LogP contribution is -2.66. The number of aromatic hydroxyl groups is 1. The van der Waals surface area contributed by atoms with E-state index in [-0.39, 0.29) is 29.1 Å². The van der Waals surface area contributed by atoms with Crippen LogP contribution in [0.4, 0.5) is 9.18 Å². The molecule has 0 saturated carbocycles. The second-order valence-corrected chi connectivity index (χ2v) is 15.7. The standard InChI is InChI=1S/C46H51FN4O7/c47-35-14-8-12-33(26-35)44(50-46(56)58-42-30-51(23-20-32(42)21-24-51)29-41(54)31-10-4-3-5-11-31)34-13-9-15-36(27-34)57-25-7-2-1-6-22-48-28-40(53)37-16-18-39(52)45-38(37)17-19-43(55)49-45/h3-5,8-19,26-27,32,40,42,44,48,53H,1-2,6-7,20-25,28-30H2,(H2-,49,50,52,55,56)/p+1/t32?,40?,42-,44?,51?/m0/s1. The van der Waals surface area contributed by atoms with Gasteiger partial charge in [0.1, 0.15) is 30.4 Å². The van der Waals surface area contributed by atoms with Crippen LogP contribution in [0.2, 0.25) is 0 Å². The van der Waals surface area contributed by atoms with Crippen molar-refractivity contribution in [3.63, 3.8) is 0 Å². The summed E-state index contributed by atoms with van der Waals surface area (Å²) in [5, 5.41) is 27.8. The molecule has 4 aromatic carbocycles. The Morgan fingerprint density at radius 2 is 1.64 bits per heavy atom. The number of piperidine rings is 3. The second kappa shape index (κ2) is 18.8. The first-order chi connectivity index (χ1) is 28.2. The van der Waals surface area contributed by atoms with Crippen molar-refractivity contribution in [2.24, 2.45) is 5.92 Å². The Kier molecular flexibility index (Phi) is 13.2. The van der Waals surface area contributed by atoms with Crippen molar-refractivity contribution in [3.05, 3.63) is 142 Å².